The molecule has 2 fully saturated rings. The molecule has 2 aliphatic rings. The fourth-order valence-corrected chi connectivity index (χ4v) is 4.18. The fraction of sp³-hybridized carbons (Fsp3) is 0.739. The molecule has 0 bridgehead atoms. The Balaban J connectivity index is 1.39. The molecule has 3 heterocycles. The van der Waals surface area contributed by atoms with Crippen molar-refractivity contribution < 1.29 is 28.9 Å². The van der Waals surface area contributed by atoms with Crippen LogP contribution < -0.4 is 16.3 Å². The molecular formula is C23H36N4O7. The van der Waals surface area contributed by atoms with Gasteiger partial charge >= 0.3 is 5.69 Å². The monoisotopic (exact) mass is 480 g/mol. The number of amides is 1. The lowest BCUT2D eigenvalue weighted by atomic mass is 10.1. The summed E-state index contributed by atoms with van der Waals surface area (Å²) in [6.07, 6.45) is 3.31. The molecule has 190 valence electrons. The van der Waals surface area contributed by atoms with Crippen LogP contribution >= 0.6 is 0 Å². The van der Waals surface area contributed by atoms with Gasteiger partial charge in [-0.25, -0.2) is 4.79 Å². The van der Waals surface area contributed by atoms with Gasteiger partial charge in [-0.3, -0.25) is 9.36 Å². The van der Waals surface area contributed by atoms with Crippen LogP contribution in [-0.4, -0.2) is 70.1 Å². The molecule has 11 heteroatoms. The quantitative estimate of drug-likeness (QED) is 0.354. The number of unbranched alkanes of at least 4 members (excludes halogenated alkanes) is 2. The van der Waals surface area contributed by atoms with E-state index in [2.05, 4.69) is 15.6 Å². The van der Waals surface area contributed by atoms with Crippen LogP contribution in [0.2, 0.25) is 0 Å². The minimum Gasteiger partial charge on any atom is -0.394 e. The largest absolute Gasteiger partial charge is 0.394 e. The van der Waals surface area contributed by atoms with Gasteiger partial charge in [0.1, 0.15) is 29.9 Å². The van der Waals surface area contributed by atoms with Crippen LogP contribution in [-0.2, 0) is 23.8 Å². The molecule has 3 rings (SSSR count). The van der Waals surface area contributed by atoms with Crippen LogP contribution in [0.3, 0.4) is 0 Å². The molecule has 0 aliphatic carbocycles. The van der Waals surface area contributed by atoms with Gasteiger partial charge < -0.3 is 34.7 Å². The van der Waals surface area contributed by atoms with Gasteiger partial charge in [-0.15, -0.1) is 0 Å². The minimum absolute atomic E-state index is 0.00151. The molecule has 1 aromatic heterocycles. The second-order valence-electron chi connectivity index (χ2n) is 9.21. The van der Waals surface area contributed by atoms with Gasteiger partial charge in [0, 0.05) is 32.1 Å². The first-order chi connectivity index (χ1) is 16.2. The van der Waals surface area contributed by atoms with Crippen molar-refractivity contribution >= 4 is 17.5 Å². The van der Waals surface area contributed by atoms with Gasteiger partial charge in [-0.2, -0.15) is 4.98 Å². The summed E-state index contributed by atoms with van der Waals surface area (Å²) >= 11 is 0. The Labute approximate surface area is 199 Å². The Kier molecular flexibility index (Phi) is 9.17. The van der Waals surface area contributed by atoms with Crippen molar-refractivity contribution in [1.29, 1.82) is 0 Å². The predicted octanol–water partition coefficient (Wildman–Crippen LogP) is 1.11. The number of ketones is 1. The van der Waals surface area contributed by atoms with Crippen molar-refractivity contribution in [3.8, 4) is 0 Å². The van der Waals surface area contributed by atoms with E-state index in [1.165, 1.54) is 4.57 Å². The Hall–Kier alpha value is -2.34. The second kappa shape index (κ2) is 11.9. The van der Waals surface area contributed by atoms with Gasteiger partial charge in [-0.05, 0) is 52.5 Å². The number of rotatable bonds is 13. The molecule has 2 aliphatic heterocycles. The highest BCUT2D eigenvalue weighted by Crippen LogP contribution is 2.42. The molecule has 2 saturated heterocycles. The molecule has 11 nitrogen and oxygen atoms in total. The molecule has 0 radical (unpaired) electrons. The van der Waals surface area contributed by atoms with Crippen molar-refractivity contribution in [1.82, 2.24) is 14.9 Å². The van der Waals surface area contributed by atoms with Gasteiger partial charge in [0.05, 0.1) is 6.61 Å². The van der Waals surface area contributed by atoms with Crippen LogP contribution in [0.5, 0.6) is 0 Å². The topological polar surface area (TPSA) is 141 Å². The van der Waals surface area contributed by atoms with Gasteiger partial charge in [0.25, 0.3) is 0 Å². The van der Waals surface area contributed by atoms with E-state index < -0.39 is 36.0 Å². The summed E-state index contributed by atoms with van der Waals surface area (Å²) in [5, 5.41) is 15.6. The smallest absolute Gasteiger partial charge is 0.351 e. The van der Waals surface area contributed by atoms with E-state index >= 15 is 0 Å². The Morgan fingerprint density at radius 1 is 1.12 bits per heavy atom. The van der Waals surface area contributed by atoms with E-state index in [1.54, 1.807) is 33.0 Å². The summed E-state index contributed by atoms with van der Waals surface area (Å²) < 4.78 is 18.9. The number of hydrogen-bond donors (Lipinski definition) is 3. The average Bonchev–Trinajstić information content (AvgIpc) is 3.26. The number of ether oxygens (including phenoxy) is 3. The molecule has 1 aromatic rings. The van der Waals surface area contributed by atoms with E-state index in [0.29, 0.717) is 31.7 Å². The summed E-state index contributed by atoms with van der Waals surface area (Å²) in [6, 6.07) is 1.69. The first-order valence-electron chi connectivity index (χ1n) is 11.9. The van der Waals surface area contributed by atoms with E-state index in [1.807, 2.05) is 0 Å². The van der Waals surface area contributed by atoms with E-state index in [0.717, 1.165) is 25.7 Å². The van der Waals surface area contributed by atoms with Crippen LogP contribution in [0.1, 0.15) is 65.5 Å². The maximum absolute atomic E-state index is 12.6. The van der Waals surface area contributed by atoms with Gasteiger partial charge in [-0.1, -0.05) is 0 Å². The number of nitrogens with one attached hydrogen (secondary N) is 2. The number of carbonyl (C=O) groups excluding carboxylic acids is 2. The van der Waals surface area contributed by atoms with Crippen molar-refractivity contribution in [2.24, 2.45) is 0 Å². The fourth-order valence-electron chi connectivity index (χ4n) is 4.18. The maximum Gasteiger partial charge on any atom is 0.351 e. The van der Waals surface area contributed by atoms with E-state index in [-0.39, 0.29) is 18.3 Å². The van der Waals surface area contributed by atoms with Crippen molar-refractivity contribution in [3.05, 3.63) is 22.7 Å². The summed E-state index contributed by atoms with van der Waals surface area (Å²) in [4.78, 5) is 39.4. The Bertz CT molecular complexity index is 904. The molecular weight excluding hydrogens is 444 g/mol. The summed E-state index contributed by atoms with van der Waals surface area (Å²) in [5.74, 6) is -0.218. The number of anilines is 1. The van der Waals surface area contributed by atoms with E-state index in [4.69, 9.17) is 14.2 Å². The van der Waals surface area contributed by atoms with Crippen molar-refractivity contribution in [2.45, 2.75) is 89.6 Å². The Morgan fingerprint density at radius 2 is 1.82 bits per heavy atom. The van der Waals surface area contributed by atoms with Crippen LogP contribution in [0.15, 0.2) is 17.1 Å². The Morgan fingerprint density at radius 3 is 2.53 bits per heavy atom. The number of nitrogens with zero attached hydrogens (tertiary/aromatic N) is 2. The SMILES string of the molecule is CC(=O)CCCCC(=O)NCCCCNc1ccn([C@@H]2O[C@H](CO)C3OC(C)(C)O[C@@H]32)c(=O)n1. The molecule has 0 spiro atoms. The standard InChI is InChI=1S/C23H36N4O7/c1-15(29)8-4-5-9-18(30)25-12-7-6-11-24-17-10-13-27(22(31)26-17)21-20-19(16(14-28)32-21)33-23(2,3)34-20/h10,13,16,19-21,28H,4-9,11-12,14H2,1-3H3,(H,25,30)(H,24,26,31)/t16-,19?,20+,21-/m1/s1. The third-order valence-electron chi connectivity index (χ3n) is 5.82. The highest BCUT2D eigenvalue weighted by atomic mass is 16.8. The lowest BCUT2D eigenvalue weighted by Crippen LogP contribution is -2.35. The molecule has 34 heavy (non-hydrogen) atoms. The van der Waals surface area contributed by atoms with Crippen LogP contribution in [0, 0.1) is 0 Å². The number of aliphatic hydroxyl groups excluding tert-OH is 1. The summed E-state index contributed by atoms with van der Waals surface area (Å²) in [7, 11) is 0. The van der Waals surface area contributed by atoms with Gasteiger partial charge in [0.15, 0.2) is 12.0 Å². The van der Waals surface area contributed by atoms with Crippen LogP contribution in [0.25, 0.3) is 0 Å². The molecule has 4 atom stereocenters. The number of aliphatic hydroxyl groups is 1. The lowest BCUT2D eigenvalue weighted by Gasteiger charge is -2.24. The predicted molar refractivity (Wildman–Crippen MR) is 123 cm³/mol. The molecule has 0 aromatic carbocycles. The third kappa shape index (κ3) is 7.08. The second-order valence-corrected chi connectivity index (χ2v) is 9.21. The van der Waals surface area contributed by atoms with Crippen molar-refractivity contribution in [2.75, 3.05) is 25.0 Å². The summed E-state index contributed by atoms with van der Waals surface area (Å²) in [6.45, 7) is 6.07. The number of hydrogen-bond acceptors (Lipinski definition) is 9. The zero-order chi connectivity index (χ0) is 24.7. The molecule has 1 unspecified atom stereocenters. The normalized spacial score (nSPS) is 25.2. The maximum atomic E-state index is 12.6. The van der Waals surface area contributed by atoms with E-state index in [9.17, 15) is 19.5 Å². The lowest BCUT2D eigenvalue weighted by molar-refractivity contribution is -0.200. The third-order valence-corrected chi connectivity index (χ3v) is 5.82. The van der Waals surface area contributed by atoms with Gasteiger partial charge in [0.2, 0.25) is 5.91 Å². The molecule has 0 saturated carbocycles. The number of aromatic nitrogens is 2. The number of carbonyl (C=O) groups is 2. The molecule has 3 N–H and O–H groups in total. The zero-order valence-corrected chi connectivity index (χ0v) is 20.1. The van der Waals surface area contributed by atoms with Crippen LogP contribution in [0.4, 0.5) is 5.82 Å². The zero-order valence-electron chi connectivity index (χ0n) is 20.1. The molecule has 1 amide bonds. The number of Topliss-reactive ketones (excluding diaryl/α,β-unsaturated/α-hetero) is 1. The van der Waals surface area contributed by atoms with Crippen molar-refractivity contribution in [3.63, 3.8) is 0 Å². The first kappa shape index (κ1) is 26.3. The highest BCUT2D eigenvalue weighted by Gasteiger charge is 2.55. The minimum atomic E-state index is -0.821. The number of fused-ring (bicyclic) bond motifs is 1. The highest BCUT2D eigenvalue weighted by molar-refractivity contribution is 5.76. The summed E-state index contributed by atoms with van der Waals surface area (Å²) in [5.41, 5.74) is -0.488. The first-order valence-corrected chi connectivity index (χ1v) is 11.9. The average molecular weight is 481 g/mol.